The topological polar surface area (TPSA) is 17.1 Å². The van der Waals surface area contributed by atoms with Crippen LogP contribution in [0.3, 0.4) is 0 Å². The maximum Gasteiger partial charge on any atom is 0.417 e. The molecule has 0 fully saturated rings. The van der Waals surface area contributed by atoms with Crippen LogP contribution in [0.15, 0.2) is 42.5 Å². The lowest BCUT2D eigenvalue weighted by Crippen LogP contribution is -2.20. The summed E-state index contributed by atoms with van der Waals surface area (Å²) in [7, 11) is 0. The van der Waals surface area contributed by atoms with Crippen LogP contribution in [0.4, 0.5) is 35.1 Å². The van der Waals surface area contributed by atoms with Crippen LogP contribution in [-0.2, 0) is 11.8 Å². The highest BCUT2D eigenvalue weighted by molar-refractivity contribution is 6.31. The maximum absolute atomic E-state index is 14.8. The molecule has 0 saturated heterocycles. The van der Waals surface area contributed by atoms with Gasteiger partial charge in [0.1, 0.15) is 17.4 Å². The molecule has 174 valence electrons. The van der Waals surface area contributed by atoms with Crippen molar-refractivity contribution in [1.29, 1.82) is 0 Å². The van der Waals surface area contributed by atoms with E-state index >= 15 is 0 Å². The molecule has 2 aromatic carbocycles. The second-order valence-electron chi connectivity index (χ2n) is 7.56. The molecular weight excluding hydrogens is 468 g/mol. The van der Waals surface area contributed by atoms with E-state index in [1.165, 1.54) is 0 Å². The summed E-state index contributed by atoms with van der Waals surface area (Å²) in [5.41, 5.74) is -4.84. The number of alkyl halides is 7. The number of benzene rings is 2. The number of halogens is 9. The molecule has 0 amide bonds. The molecule has 0 aromatic heterocycles. The first-order valence-corrected chi connectivity index (χ1v) is 9.46. The van der Waals surface area contributed by atoms with Crippen molar-refractivity contribution in [2.24, 2.45) is 0 Å². The highest BCUT2D eigenvalue weighted by atomic mass is 35.5. The smallest absolute Gasteiger partial charge is 0.294 e. The Morgan fingerprint density at radius 2 is 1.53 bits per heavy atom. The highest BCUT2D eigenvalue weighted by Crippen LogP contribution is 2.42. The van der Waals surface area contributed by atoms with E-state index in [0.29, 0.717) is 18.2 Å². The van der Waals surface area contributed by atoms with Gasteiger partial charge in [-0.2, -0.15) is 26.3 Å². The lowest BCUT2D eigenvalue weighted by atomic mass is 9.90. The van der Waals surface area contributed by atoms with Crippen molar-refractivity contribution in [3.05, 3.63) is 75.3 Å². The molecule has 0 aliphatic heterocycles. The van der Waals surface area contributed by atoms with Gasteiger partial charge in [0, 0.05) is 11.1 Å². The Labute approximate surface area is 183 Å². The lowest BCUT2D eigenvalue weighted by Gasteiger charge is -2.21. The quantitative estimate of drug-likeness (QED) is 0.307. The number of ketones is 1. The zero-order chi connectivity index (χ0) is 24.6. The molecule has 1 atom stereocenters. The minimum Gasteiger partial charge on any atom is -0.294 e. The number of carbonyl (C=O) groups is 1. The molecule has 0 aliphatic carbocycles. The van der Waals surface area contributed by atoms with Crippen LogP contribution in [0, 0.1) is 0 Å². The summed E-state index contributed by atoms with van der Waals surface area (Å²) in [5.74, 6) is -4.55. The van der Waals surface area contributed by atoms with Crippen LogP contribution in [0.5, 0.6) is 0 Å². The molecule has 0 aliphatic rings. The Morgan fingerprint density at radius 3 is 1.97 bits per heavy atom. The molecule has 1 unspecified atom stereocenters. The minimum absolute atomic E-state index is 0.0593. The van der Waals surface area contributed by atoms with Crippen LogP contribution in [-0.4, -0.2) is 12.0 Å². The summed E-state index contributed by atoms with van der Waals surface area (Å²) in [6, 6.07) is 4.46. The van der Waals surface area contributed by atoms with Crippen molar-refractivity contribution in [3.8, 4) is 0 Å². The summed E-state index contributed by atoms with van der Waals surface area (Å²) in [4.78, 5) is 11.7. The van der Waals surface area contributed by atoms with Gasteiger partial charge in [-0.3, -0.25) is 4.79 Å². The Bertz CT molecular complexity index is 1050. The van der Waals surface area contributed by atoms with E-state index in [0.717, 1.165) is 39.0 Å². The van der Waals surface area contributed by atoms with Gasteiger partial charge in [0.2, 0.25) is 0 Å². The molecule has 10 heteroatoms. The van der Waals surface area contributed by atoms with Crippen LogP contribution < -0.4 is 0 Å². The second kappa shape index (κ2) is 8.84. The van der Waals surface area contributed by atoms with E-state index in [9.17, 15) is 39.9 Å². The van der Waals surface area contributed by atoms with E-state index in [-0.39, 0.29) is 17.2 Å². The standard InChI is InChI=1S/C22H17ClF8O/c1-11(32)14-6-4-13(8-17(14)20(2,3)25)19(24)10-16(22(29,30)31)12-5-7-15(18(23)9-12)21(26,27)28/h4-10,16H,1-3H3/b19-10-. The predicted molar refractivity (Wildman–Crippen MR) is 105 cm³/mol. The van der Waals surface area contributed by atoms with Gasteiger partial charge in [0.15, 0.2) is 5.78 Å². The molecule has 2 rings (SSSR count). The van der Waals surface area contributed by atoms with Crippen LogP contribution >= 0.6 is 11.6 Å². The van der Waals surface area contributed by atoms with E-state index in [1.54, 1.807) is 0 Å². The predicted octanol–water partition coefficient (Wildman–Crippen LogP) is 8.42. The molecule has 0 radical (unpaired) electrons. The summed E-state index contributed by atoms with van der Waals surface area (Å²) in [6.45, 7) is 3.36. The van der Waals surface area contributed by atoms with Gasteiger partial charge in [-0.05, 0) is 56.2 Å². The first-order chi connectivity index (χ1) is 14.4. The number of rotatable bonds is 5. The van der Waals surface area contributed by atoms with E-state index in [4.69, 9.17) is 11.6 Å². The summed E-state index contributed by atoms with van der Waals surface area (Å²) in [5, 5.41) is -0.967. The van der Waals surface area contributed by atoms with Crippen LogP contribution in [0.25, 0.3) is 5.83 Å². The molecule has 1 nitrogen and oxygen atoms in total. The zero-order valence-electron chi connectivity index (χ0n) is 16.9. The Kier molecular flexibility index (Phi) is 7.14. The van der Waals surface area contributed by atoms with Gasteiger partial charge in [0.25, 0.3) is 0 Å². The van der Waals surface area contributed by atoms with Crippen LogP contribution in [0.2, 0.25) is 5.02 Å². The number of carbonyl (C=O) groups excluding carboxylic acids is 1. The Hall–Kier alpha value is -2.42. The molecule has 0 spiro atoms. The monoisotopic (exact) mass is 484 g/mol. The normalized spacial score (nSPS) is 14.4. The molecule has 0 bridgehead atoms. The van der Waals surface area contributed by atoms with Crippen molar-refractivity contribution >= 4 is 23.2 Å². The molecule has 0 saturated carbocycles. The van der Waals surface area contributed by atoms with E-state index < -0.39 is 57.3 Å². The van der Waals surface area contributed by atoms with Crippen molar-refractivity contribution < 1.29 is 39.9 Å². The summed E-state index contributed by atoms with van der Waals surface area (Å²) in [6.07, 6.45) is -9.78. The first kappa shape index (κ1) is 25.8. The Morgan fingerprint density at radius 1 is 0.938 bits per heavy atom. The van der Waals surface area contributed by atoms with Crippen molar-refractivity contribution in [2.45, 2.75) is 44.7 Å². The van der Waals surface area contributed by atoms with Crippen LogP contribution in [0.1, 0.15) is 59.3 Å². The third kappa shape index (κ3) is 5.88. The average Bonchev–Trinajstić information content (AvgIpc) is 2.62. The van der Waals surface area contributed by atoms with Crippen molar-refractivity contribution in [3.63, 3.8) is 0 Å². The number of allylic oxidation sites excluding steroid dienone is 1. The lowest BCUT2D eigenvalue weighted by molar-refractivity contribution is -0.139. The largest absolute Gasteiger partial charge is 0.417 e. The fraction of sp³-hybridized carbons (Fsp3) is 0.318. The third-order valence-corrected chi connectivity index (χ3v) is 4.95. The summed E-state index contributed by atoms with van der Waals surface area (Å²) < 4.78 is 109. The van der Waals surface area contributed by atoms with Gasteiger partial charge in [-0.15, -0.1) is 0 Å². The molecule has 32 heavy (non-hydrogen) atoms. The van der Waals surface area contributed by atoms with Gasteiger partial charge in [-0.25, -0.2) is 8.78 Å². The molecule has 2 aromatic rings. The van der Waals surface area contributed by atoms with Gasteiger partial charge in [0.05, 0.1) is 10.6 Å². The fourth-order valence-electron chi connectivity index (χ4n) is 3.07. The fourth-order valence-corrected chi connectivity index (χ4v) is 3.36. The molecular formula is C22H17ClF8O. The van der Waals surface area contributed by atoms with Gasteiger partial charge in [-0.1, -0.05) is 29.8 Å². The SMILES string of the molecule is CC(=O)c1ccc(/C(F)=C/C(c2ccc(C(F)(F)F)c(Cl)c2)C(F)(F)F)cc1C(C)(C)F. The zero-order valence-corrected chi connectivity index (χ0v) is 17.7. The van der Waals surface area contributed by atoms with Gasteiger partial charge >= 0.3 is 12.4 Å². The van der Waals surface area contributed by atoms with E-state index in [2.05, 4.69) is 0 Å². The van der Waals surface area contributed by atoms with Crippen molar-refractivity contribution in [2.75, 3.05) is 0 Å². The van der Waals surface area contributed by atoms with Crippen molar-refractivity contribution in [1.82, 2.24) is 0 Å². The van der Waals surface area contributed by atoms with E-state index in [1.807, 2.05) is 0 Å². The Balaban J connectivity index is 2.59. The van der Waals surface area contributed by atoms with Gasteiger partial charge < -0.3 is 0 Å². The minimum atomic E-state index is -5.07. The molecule has 0 heterocycles. The highest BCUT2D eigenvalue weighted by Gasteiger charge is 2.41. The summed E-state index contributed by atoms with van der Waals surface area (Å²) >= 11 is 5.50. The number of hydrogen-bond acceptors (Lipinski definition) is 1. The third-order valence-electron chi connectivity index (χ3n) is 4.64. The maximum atomic E-state index is 14.8. The number of Topliss-reactive ketones (excluding diaryl/α,β-unsaturated/α-hetero) is 1. The number of hydrogen-bond donors (Lipinski definition) is 0. The first-order valence-electron chi connectivity index (χ1n) is 9.08. The average molecular weight is 485 g/mol. The second-order valence-corrected chi connectivity index (χ2v) is 7.97. The molecule has 0 N–H and O–H groups in total.